The second kappa shape index (κ2) is 11.3. The number of esters is 1. The first-order valence-electron chi connectivity index (χ1n) is 11.5. The predicted molar refractivity (Wildman–Crippen MR) is 134 cm³/mol. The molecule has 198 valence electrons. The number of alkyl halides is 2. The molecule has 2 aliphatic heterocycles. The van der Waals surface area contributed by atoms with E-state index in [-0.39, 0.29) is 38.1 Å². The minimum Gasteiger partial charge on any atom is -0.481 e. The van der Waals surface area contributed by atoms with Gasteiger partial charge in [0.1, 0.15) is 11.9 Å². The number of aliphatic imine (C=N–C) groups is 1. The van der Waals surface area contributed by atoms with Crippen LogP contribution in [0.3, 0.4) is 0 Å². The molecule has 2 aliphatic rings. The number of carbonyl (C=O) groups is 2. The maximum atomic E-state index is 14.7. The lowest BCUT2D eigenvalue weighted by atomic mass is 9.95. The van der Waals surface area contributed by atoms with Gasteiger partial charge < -0.3 is 15.2 Å². The van der Waals surface area contributed by atoms with E-state index in [0.717, 1.165) is 0 Å². The zero-order valence-electron chi connectivity index (χ0n) is 19.7. The lowest BCUT2D eigenvalue weighted by Crippen LogP contribution is -2.39. The third-order valence-electron chi connectivity index (χ3n) is 6.11. The molecule has 4 rings (SSSR count). The van der Waals surface area contributed by atoms with E-state index >= 15 is 0 Å². The Bertz CT molecular complexity index is 1240. The summed E-state index contributed by atoms with van der Waals surface area (Å²) in [6.07, 6.45) is 1.07. The second-order valence-corrected chi connectivity index (χ2v) is 10.4. The molecule has 2 atom stereocenters. The van der Waals surface area contributed by atoms with Crippen LogP contribution in [0, 0.1) is 11.7 Å². The standard InChI is InChI=1S/C24H24BrF3N4O4S/c1-2-36-23(35)19-17(11-32-10-13(3-6-18(33)34)24(27,28)12-32)30-21(22-29-7-8-37-22)31-20(19)15-5-4-14(26)9-16(15)25/h4-5,7-9,13,20H,2-3,6,10-12H2,1H3,(H,30,31)(H,33,34). The number of hydrogen-bond donors (Lipinski definition) is 2. The number of amidine groups is 1. The highest BCUT2D eigenvalue weighted by Crippen LogP contribution is 2.39. The Kier molecular flexibility index (Phi) is 8.34. The highest BCUT2D eigenvalue weighted by Gasteiger charge is 2.48. The normalized spacial score (nSPS) is 21.5. The number of rotatable bonds is 9. The first kappa shape index (κ1) is 27.3. The Morgan fingerprint density at radius 2 is 2.16 bits per heavy atom. The topological polar surface area (TPSA) is 104 Å². The summed E-state index contributed by atoms with van der Waals surface area (Å²) >= 11 is 4.66. The van der Waals surface area contributed by atoms with Crippen LogP contribution in [-0.4, -0.2) is 64.9 Å². The molecule has 0 saturated carbocycles. The number of likely N-dealkylation sites (tertiary alicyclic amines) is 1. The van der Waals surface area contributed by atoms with Crippen molar-refractivity contribution in [3.8, 4) is 0 Å². The van der Waals surface area contributed by atoms with E-state index in [9.17, 15) is 22.8 Å². The van der Waals surface area contributed by atoms with Gasteiger partial charge in [0.05, 0.1) is 18.7 Å². The van der Waals surface area contributed by atoms with Gasteiger partial charge in [-0.05, 0) is 31.0 Å². The average Bonchev–Trinajstić information content (AvgIpc) is 3.45. The molecular weight excluding hydrogens is 577 g/mol. The Labute approximate surface area is 223 Å². The maximum absolute atomic E-state index is 14.7. The van der Waals surface area contributed by atoms with Gasteiger partial charge in [0.25, 0.3) is 5.92 Å². The van der Waals surface area contributed by atoms with Gasteiger partial charge in [-0.15, -0.1) is 11.3 Å². The van der Waals surface area contributed by atoms with Gasteiger partial charge in [0.15, 0.2) is 10.8 Å². The van der Waals surface area contributed by atoms with Crippen LogP contribution >= 0.6 is 27.3 Å². The molecule has 2 unspecified atom stereocenters. The van der Waals surface area contributed by atoms with Gasteiger partial charge in [-0.1, -0.05) is 22.0 Å². The molecule has 13 heteroatoms. The van der Waals surface area contributed by atoms with Crippen molar-refractivity contribution in [2.24, 2.45) is 10.9 Å². The molecule has 2 N–H and O–H groups in total. The zero-order chi connectivity index (χ0) is 26.7. The molecule has 1 fully saturated rings. The van der Waals surface area contributed by atoms with Crippen molar-refractivity contribution in [3.63, 3.8) is 0 Å². The molecule has 0 radical (unpaired) electrons. The minimum absolute atomic E-state index is 0.0454. The molecule has 8 nitrogen and oxygen atoms in total. The number of carboxylic acids is 1. The molecule has 1 aromatic carbocycles. The fourth-order valence-corrected chi connectivity index (χ4v) is 5.60. The first-order valence-corrected chi connectivity index (χ1v) is 13.2. The second-order valence-electron chi connectivity index (χ2n) is 8.68. The molecule has 3 heterocycles. The van der Waals surface area contributed by atoms with Crippen molar-refractivity contribution in [3.05, 3.63) is 61.9 Å². The van der Waals surface area contributed by atoms with Gasteiger partial charge >= 0.3 is 11.9 Å². The van der Waals surface area contributed by atoms with Crippen LogP contribution in [0.2, 0.25) is 0 Å². The summed E-state index contributed by atoms with van der Waals surface area (Å²) in [5, 5.41) is 14.3. The van der Waals surface area contributed by atoms with Gasteiger partial charge in [0, 0.05) is 47.2 Å². The summed E-state index contributed by atoms with van der Waals surface area (Å²) in [6.45, 7) is 1.03. The SMILES string of the molecule is CCOC(=O)C1=C(CN2CC(CCC(=O)O)C(F)(F)C2)NC(c2nccs2)=NC1c1ccc(F)cc1Br. The van der Waals surface area contributed by atoms with Crippen LogP contribution in [0.25, 0.3) is 0 Å². The lowest BCUT2D eigenvalue weighted by Gasteiger charge is -2.29. The number of halogens is 4. The van der Waals surface area contributed by atoms with E-state index in [0.29, 0.717) is 26.6 Å². The van der Waals surface area contributed by atoms with E-state index in [2.05, 4.69) is 26.2 Å². The number of carbonyl (C=O) groups excluding carboxylic acids is 1. The number of thiazole rings is 1. The molecule has 0 bridgehead atoms. The Morgan fingerprint density at radius 3 is 2.81 bits per heavy atom. The minimum atomic E-state index is -3.08. The average molecular weight is 601 g/mol. The predicted octanol–water partition coefficient (Wildman–Crippen LogP) is 4.38. The fraction of sp³-hybridized carbons (Fsp3) is 0.417. The van der Waals surface area contributed by atoms with Gasteiger partial charge in [-0.3, -0.25) is 14.7 Å². The van der Waals surface area contributed by atoms with Crippen LogP contribution < -0.4 is 5.32 Å². The highest BCUT2D eigenvalue weighted by molar-refractivity contribution is 9.10. The smallest absolute Gasteiger partial charge is 0.338 e. The third-order valence-corrected chi connectivity index (χ3v) is 7.58. The van der Waals surface area contributed by atoms with Crippen LogP contribution in [0.15, 0.2) is 50.5 Å². The van der Waals surface area contributed by atoms with E-state index in [1.807, 2.05) is 0 Å². The number of ether oxygens (including phenoxy) is 1. The number of nitrogens with zero attached hydrogens (tertiary/aromatic N) is 3. The summed E-state index contributed by atoms with van der Waals surface area (Å²) in [5.41, 5.74) is 0.921. The first-order chi connectivity index (χ1) is 17.6. The summed E-state index contributed by atoms with van der Waals surface area (Å²) in [4.78, 5) is 34.6. The van der Waals surface area contributed by atoms with E-state index in [1.54, 1.807) is 18.5 Å². The van der Waals surface area contributed by atoms with Crippen LogP contribution in [-0.2, 0) is 14.3 Å². The molecule has 37 heavy (non-hydrogen) atoms. The molecule has 0 spiro atoms. The summed E-state index contributed by atoms with van der Waals surface area (Å²) in [6, 6.07) is 3.08. The van der Waals surface area contributed by atoms with Crippen LogP contribution in [0.1, 0.15) is 36.4 Å². The van der Waals surface area contributed by atoms with Crippen molar-refractivity contribution < 1.29 is 32.6 Å². The van der Waals surface area contributed by atoms with Crippen LogP contribution in [0.4, 0.5) is 13.2 Å². The number of hydrogen-bond acceptors (Lipinski definition) is 8. The Morgan fingerprint density at radius 1 is 1.38 bits per heavy atom. The van der Waals surface area contributed by atoms with Crippen LogP contribution in [0.5, 0.6) is 0 Å². The number of aromatic nitrogens is 1. The van der Waals surface area contributed by atoms with Crippen molar-refractivity contribution in [1.82, 2.24) is 15.2 Å². The molecule has 0 amide bonds. The number of aliphatic carboxylic acids is 1. The molecular formula is C24H24BrF3N4O4S. The van der Waals surface area contributed by atoms with E-state index in [1.165, 1.54) is 34.4 Å². The van der Waals surface area contributed by atoms with Crippen molar-refractivity contribution in [2.45, 2.75) is 31.7 Å². The fourth-order valence-electron chi connectivity index (χ4n) is 4.45. The maximum Gasteiger partial charge on any atom is 0.338 e. The van der Waals surface area contributed by atoms with Gasteiger partial charge in [-0.25, -0.2) is 22.9 Å². The molecule has 0 aliphatic carbocycles. The van der Waals surface area contributed by atoms with Crippen molar-refractivity contribution in [2.75, 3.05) is 26.2 Å². The highest BCUT2D eigenvalue weighted by atomic mass is 79.9. The van der Waals surface area contributed by atoms with Gasteiger partial charge in [-0.2, -0.15) is 0 Å². The van der Waals surface area contributed by atoms with E-state index in [4.69, 9.17) is 14.8 Å². The Balaban J connectivity index is 1.74. The summed E-state index contributed by atoms with van der Waals surface area (Å²) in [7, 11) is 0. The largest absolute Gasteiger partial charge is 0.481 e. The van der Waals surface area contributed by atoms with Crippen molar-refractivity contribution in [1.29, 1.82) is 0 Å². The summed E-state index contributed by atoms with van der Waals surface area (Å²) in [5.74, 6) is -6.17. The number of benzene rings is 1. The van der Waals surface area contributed by atoms with E-state index < -0.39 is 42.2 Å². The molecule has 1 aromatic heterocycles. The number of carboxylic acid groups (broad SMARTS) is 1. The molecule has 1 saturated heterocycles. The van der Waals surface area contributed by atoms with Gasteiger partial charge in [0.2, 0.25) is 0 Å². The quantitative estimate of drug-likeness (QED) is 0.411. The third kappa shape index (κ3) is 6.21. The zero-order valence-corrected chi connectivity index (χ0v) is 22.1. The molecule has 2 aromatic rings. The van der Waals surface area contributed by atoms with Crippen molar-refractivity contribution >= 4 is 45.0 Å². The Hall–Kier alpha value is -2.77. The summed E-state index contributed by atoms with van der Waals surface area (Å²) < 4.78 is 49.0. The lowest BCUT2D eigenvalue weighted by molar-refractivity contribution is -0.139. The monoisotopic (exact) mass is 600 g/mol. The number of nitrogens with one attached hydrogen (secondary N) is 1.